The molecule has 0 heterocycles. The monoisotopic (exact) mass is 178 g/mol. The topological polar surface area (TPSA) is 0 Å². The molecule has 0 unspecified atom stereocenters. The van der Waals surface area contributed by atoms with Crippen LogP contribution in [0.3, 0.4) is 0 Å². The predicted molar refractivity (Wildman–Crippen MR) is 43.9 cm³/mol. The van der Waals surface area contributed by atoms with Gasteiger partial charge >= 0.3 is 0 Å². The van der Waals surface area contributed by atoms with Crippen molar-refractivity contribution in [3.8, 4) is 0 Å². The fourth-order valence-electron chi connectivity index (χ4n) is 0.574. The van der Waals surface area contributed by atoms with Gasteiger partial charge in [0.05, 0.1) is 0 Å². The van der Waals surface area contributed by atoms with E-state index in [0.717, 1.165) is 13.0 Å². The van der Waals surface area contributed by atoms with Gasteiger partial charge in [-0.1, -0.05) is 0 Å². The lowest BCUT2D eigenvalue weighted by Gasteiger charge is -2.08. The fraction of sp³-hybridized carbons (Fsp3) is 0.556. The van der Waals surface area contributed by atoms with Crippen molar-refractivity contribution in [3.63, 3.8) is 0 Å². The Balaban J connectivity index is 4.73. The van der Waals surface area contributed by atoms with E-state index in [1.807, 2.05) is 0 Å². The summed E-state index contributed by atoms with van der Waals surface area (Å²) in [6.45, 7) is 4.81. The molecule has 0 aliphatic heterocycles. The van der Waals surface area contributed by atoms with E-state index in [4.69, 9.17) is 0 Å². The van der Waals surface area contributed by atoms with Crippen molar-refractivity contribution < 1.29 is 13.2 Å². The molecule has 0 fully saturated rings. The molecule has 0 spiro atoms. The molecule has 0 bridgehead atoms. The lowest BCUT2D eigenvalue weighted by Crippen LogP contribution is -2.07. The Bertz CT molecular complexity index is 214. The van der Waals surface area contributed by atoms with E-state index >= 15 is 0 Å². The molecule has 3 heteroatoms. The standard InChI is InChI=1S/C9H13F3/c1-6(7(2)10)8(11)5-9(3,4)12/h5H,1-4H3/b7-6+,8-5+. The molecule has 0 aromatic rings. The molecule has 0 atom stereocenters. The largest absolute Gasteiger partial charge is 0.240 e. The van der Waals surface area contributed by atoms with Crippen LogP contribution in [-0.4, -0.2) is 5.67 Å². The summed E-state index contributed by atoms with van der Waals surface area (Å²) in [4.78, 5) is 0. The molecule has 0 saturated heterocycles. The molecule has 0 N–H and O–H groups in total. The van der Waals surface area contributed by atoms with Gasteiger partial charge in [-0.3, -0.25) is 0 Å². The molecule has 0 amide bonds. The lowest BCUT2D eigenvalue weighted by atomic mass is 10.1. The van der Waals surface area contributed by atoms with Crippen LogP contribution in [0, 0.1) is 0 Å². The van der Waals surface area contributed by atoms with Crippen molar-refractivity contribution >= 4 is 0 Å². The highest BCUT2D eigenvalue weighted by atomic mass is 19.2. The minimum Gasteiger partial charge on any atom is -0.240 e. The second-order valence-electron chi connectivity index (χ2n) is 3.22. The van der Waals surface area contributed by atoms with Crippen LogP contribution in [0.1, 0.15) is 27.7 Å². The highest BCUT2D eigenvalue weighted by Crippen LogP contribution is 2.21. The van der Waals surface area contributed by atoms with Gasteiger partial charge in [0.15, 0.2) is 0 Å². The first-order valence-corrected chi connectivity index (χ1v) is 3.64. The Kier molecular flexibility index (Phi) is 3.55. The summed E-state index contributed by atoms with van der Waals surface area (Å²) >= 11 is 0. The van der Waals surface area contributed by atoms with Crippen LogP contribution in [0.25, 0.3) is 0 Å². The first kappa shape index (κ1) is 11.3. The molecule has 0 aromatic heterocycles. The van der Waals surface area contributed by atoms with Gasteiger partial charge in [0.25, 0.3) is 0 Å². The molecule has 0 aliphatic carbocycles. The Morgan fingerprint density at radius 2 is 1.58 bits per heavy atom. The van der Waals surface area contributed by atoms with Crippen molar-refractivity contribution in [1.29, 1.82) is 0 Å². The van der Waals surface area contributed by atoms with Gasteiger partial charge in [0.1, 0.15) is 17.3 Å². The Hall–Kier alpha value is -0.730. The van der Waals surface area contributed by atoms with E-state index in [-0.39, 0.29) is 5.57 Å². The van der Waals surface area contributed by atoms with Crippen LogP contribution >= 0.6 is 0 Å². The maximum absolute atomic E-state index is 12.9. The zero-order valence-electron chi connectivity index (χ0n) is 7.71. The average Bonchev–Trinajstić information content (AvgIpc) is 1.82. The second-order valence-corrected chi connectivity index (χ2v) is 3.22. The van der Waals surface area contributed by atoms with E-state index in [9.17, 15) is 13.2 Å². The summed E-state index contributed by atoms with van der Waals surface area (Å²) in [5.74, 6) is -1.48. The van der Waals surface area contributed by atoms with Gasteiger partial charge in [-0.05, 0) is 33.8 Å². The zero-order valence-corrected chi connectivity index (χ0v) is 7.71. The summed E-state index contributed by atoms with van der Waals surface area (Å²) in [5, 5.41) is 0. The van der Waals surface area contributed by atoms with Crippen LogP contribution in [0.5, 0.6) is 0 Å². The first-order chi connectivity index (χ1) is 5.24. The van der Waals surface area contributed by atoms with Gasteiger partial charge in [-0.15, -0.1) is 0 Å². The number of halogens is 3. The third-order valence-corrected chi connectivity index (χ3v) is 1.34. The average molecular weight is 178 g/mol. The minimum atomic E-state index is -1.75. The molecule has 70 valence electrons. The smallest absolute Gasteiger partial charge is 0.127 e. The summed E-state index contributed by atoms with van der Waals surface area (Å²) in [6, 6.07) is 0. The number of hydrogen-bond donors (Lipinski definition) is 0. The third-order valence-electron chi connectivity index (χ3n) is 1.34. The summed E-state index contributed by atoms with van der Waals surface area (Å²) in [5.41, 5.74) is -1.90. The zero-order chi connectivity index (χ0) is 9.94. The number of rotatable bonds is 2. The molecule has 12 heavy (non-hydrogen) atoms. The summed E-state index contributed by atoms with van der Waals surface area (Å²) in [6.07, 6.45) is 0.755. The molecule has 0 saturated carbocycles. The minimum absolute atomic E-state index is 0.152. The van der Waals surface area contributed by atoms with Gasteiger partial charge in [-0.25, -0.2) is 13.2 Å². The predicted octanol–water partition coefficient (Wildman–Crippen LogP) is 3.85. The van der Waals surface area contributed by atoms with Crippen molar-refractivity contribution in [3.05, 3.63) is 23.3 Å². The number of hydrogen-bond acceptors (Lipinski definition) is 0. The SMILES string of the molecule is C/C(F)=C(C)\C(F)=C/C(C)(C)F. The molecular weight excluding hydrogens is 165 g/mol. The van der Waals surface area contributed by atoms with Crippen LogP contribution in [0.15, 0.2) is 23.3 Å². The highest BCUT2D eigenvalue weighted by Gasteiger charge is 2.14. The Morgan fingerprint density at radius 1 is 1.17 bits per heavy atom. The Labute approximate surface area is 70.8 Å². The van der Waals surface area contributed by atoms with Crippen molar-refractivity contribution in [2.24, 2.45) is 0 Å². The second kappa shape index (κ2) is 3.78. The molecule has 0 aliphatic rings. The van der Waals surface area contributed by atoms with Gasteiger partial charge in [0, 0.05) is 5.57 Å². The molecule has 0 aromatic carbocycles. The van der Waals surface area contributed by atoms with E-state index < -0.39 is 17.3 Å². The van der Waals surface area contributed by atoms with Crippen molar-refractivity contribution in [1.82, 2.24) is 0 Å². The van der Waals surface area contributed by atoms with E-state index in [2.05, 4.69) is 0 Å². The first-order valence-electron chi connectivity index (χ1n) is 3.64. The van der Waals surface area contributed by atoms with Crippen LogP contribution in [0.4, 0.5) is 13.2 Å². The number of alkyl halides is 1. The molecular formula is C9H13F3. The van der Waals surface area contributed by atoms with E-state index in [1.54, 1.807) is 0 Å². The van der Waals surface area contributed by atoms with Gasteiger partial charge in [0.2, 0.25) is 0 Å². The van der Waals surface area contributed by atoms with E-state index in [0.29, 0.717) is 0 Å². The van der Waals surface area contributed by atoms with E-state index in [1.165, 1.54) is 20.8 Å². The summed E-state index contributed by atoms with van der Waals surface area (Å²) in [7, 11) is 0. The quantitative estimate of drug-likeness (QED) is 0.563. The van der Waals surface area contributed by atoms with Gasteiger partial charge in [-0.2, -0.15) is 0 Å². The maximum Gasteiger partial charge on any atom is 0.127 e. The third kappa shape index (κ3) is 4.21. The normalized spacial score (nSPS) is 16.1. The van der Waals surface area contributed by atoms with Crippen molar-refractivity contribution in [2.75, 3.05) is 0 Å². The maximum atomic E-state index is 12.9. The van der Waals surface area contributed by atoms with Crippen LogP contribution < -0.4 is 0 Å². The molecule has 0 rings (SSSR count). The highest BCUT2D eigenvalue weighted by molar-refractivity contribution is 5.27. The lowest BCUT2D eigenvalue weighted by molar-refractivity contribution is 0.282. The van der Waals surface area contributed by atoms with Crippen LogP contribution in [0.2, 0.25) is 0 Å². The van der Waals surface area contributed by atoms with Gasteiger partial charge < -0.3 is 0 Å². The Morgan fingerprint density at radius 3 is 1.83 bits per heavy atom. The molecule has 0 nitrogen and oxygen atoms in total. The molecule has 0 radical (unpaired) electrons. The number of allylic oxidation sites excluding steroid dienone is 4. The summed E-state index contributed by atoms with van der Waals surface area (Å²) < 4.78 is 38.1. The fourth-order valence-corrected chi connectivity index (χ4v) is 0.574. The van der Waals surface area contributed by atoms with Crippen LogP contribution in [-0.2, 0) is 0 Å². The van der Waals surface area contributed by atoms with Crippen molar-refractivity contribution in [2.45, 2.75) is 33.4 Å².